The average molecular weight is 493 g/mol. The summed E-state index contributed by atoms with van der Waals surface area (Å²) in [4.78, 5) is 16.1. The number of hydrogen-bond donors (Lipinski definition) is 3. The molecule has 1 aliphatic rings. The van der Waals surface area contributed by atoms with Crippen LogP contribution in [0.5, 0.6) is 0 Å². The summed E-state index contributed by atoms with van der Waals surface area (Å²) in [5, 5.41) is 9.36. The fraction of sp³-hybridized carbons (Fsp3) is 0.375. The molecule has 7 heteroatoms. The van der Waals surface area contributed by atoms with E-state index < -0.39 is 0 Å². The molecule has 0 radical (unpaired) electrons. The Hall–Kier alpha value is -1.09. The summed E-state index contributed by atoms with van der Waals surface area (Å²) in [6.07, 6.45) is 6.75. The smallest absolute Gasteiger partial charge is 0.226 e. The molecule has 0 fully saturated rings. The first-order chi connectivity index (χ1) is 10.7. The highest BCUT2D eigenvalue weighted by Crippen LogP contribution is 2.14. The Labute approximate surface area is 162 Å². The van der Waals surface area contributed by atoms with Gasteiger partial charge in [-0.25, -0.2) is 0 Å². The van der Waals surface area contributed by atoms with Gasteiger partial charge in [-0.3, -0.25) is 9.79 Å². The molecule has 126 valence electrons. The van der Waals surface area contributed by atoms with Gasteiger partial charge in [-0.15, -0.1) is 24.0 Å². The fourth-order valence-electron chi connectivity index (χ4n) is 2.17. The molecule has 0 saturated carbocycles. The first-order valence-electron chi connectivity index (χ1n) is 7.35. The van der Waals surface area contributed by atoms with E-state index in [0.717, 1.165) is 29.0 Å². The summed E-state index contributed by atoms with van der Waals surface area (Å²) in [6.45, 7) is 0.544. The largest absolute Gasteiger partial charge is 0.356 e. The van der Waals surface area contributed by atoms with Gasteiger partial charge in [0.25, 0.3) is 0 Å². The number of nitrogens with one attached hydrogen (secondary N) is 3. The maximum absolute atomic E-state index is 11.9. The van der Waals surface area contributed by atoms with Crippen molar-refractivity contribution in [2.45, 2.75) is 25.3 Å². The van der Waals surface area contributed by atoms with Gasteiger partial charge in [0.1, 0.15) is 0 Å². The number of carbonyl (C=O) groups excluding carboxylic acids is 1. The van der Waals surface area contributed by atoms with Crippen molar-refractivity contribution in [1.82, 2.24) is 10.6 Å². The Balaban J connectivity index is 0.00000264. The van der Waals surface area contributed by atoms with E-state index in [1.165, 1.54) is 0 Å². The molecule has 5 nitrogen and oxygen atoms in total. The van der Waals surface area contributed by atoms with Crippen molar-refractivity contribution in [3.8, 4) is 0 Å². The van der Waals surface area contributed by atoms with Crippen molar-refractivity contribution in [3.05, 3.63) is 40.9 Å². The van der Waals surface area contributed by atoms with Crippen LogP contribution in [0.15, 0.2) is 45.9 Å². The van der Waals surface area contributed by atoms with Crippen molar-refractivity contribution in [1.29, 1.82) is 0 Å². The van der Waals surface area contributed by atoms with E-state index in [1.54, 1.807) is 7.05 Å². The summed E-state index contributed by atoms with van der Waals surface area (Å²) < 4.78 is 0.989. The number of nitrogens with zero attached hydrogens (tertiary/aromatic N) is 1. The number of aliphatic imine (C=N–C) groups is 1. The van der Waals surface area contributed by atoms with Gasteiger partial charge in [0.05, 0.1) is 0 Å². The Morgan fingerprint density at radius 2 is 1.91 bits per heavy atom. The highest BCUT2D eigenvalue weighted by molar-refractivity contribution is 14.0. The van der Waals surface area contributed by atoms with Crippen LogP contribution in [0.2, 0.25) is 0 Å². The third-order valence-corrected chi connectivity index (χ3v) is 3.87. The molecule has 0 unspecified atom stereocenters. The van der Waals surface area contributed by atoms with Gasteiger partial charge in [-0.05, 0) is 37.1 Å². The van der Waals surface area contributed by atoms with Crippen LogP contribution < -0.4 is 16.0 Å². The summed E-state index contributed by atoms with van der Waals surface area (Å²) in [5.41, 5.74) is 0.799. The highest BCUT2D eigenvalue weighted by atomic mass is 127. The molecule has 0 bridgehead atoms. The van der Waals surface area contributed by atoms with Crippen LogP contribution in [0.1, 0.15) is 19.3 Å². The normalized spacial score (nSPS) is 14.3. The number of benzene rings is 1. The number of anilines is 1. The zero-order chi connectivity index (χ0) is 15.8. The van der Waals surface area contributed by atoms with Crippen LogP contribution in [-0.2, 0) is 4.79 Å². The van der Waals surface area contributed by atoms with Crippen molar-refractivity contribution >= 4 is 57.5 Å². The van der Waals surface area contributed by atoms with E-state index in [2.05, 4.69) is 49.0 Å². The topological polar surface area (TPSA) is 65.5 Å². The van der Waals surface area contributed by atoms with Gasteiger partial charge >= 0.3 is 0 Å². The minimum atomic E-state index is -0.0205. The van der Waals surface area contributed by atoms with E-state index in [0.29, 0.717) is 19.0 Å². The van der Waals surface area contributed by atoms with E-state index in [1.807, 2.05) is 24.3 Å². The SMILES string of the molecule is CN=C(NCCC(=O)Nc1ccc(Br)cc1)NC1CC=CC1.I. The first-order valence-corrected chi connectivity index (χ1v) is 8.14. The second-order valence-corrected chi connectivity index (χ2v) is 6.00. The first kappa shape index (κ1) is 20.0. The number of carbonyl (C=O) groups is 1. The zero-order valence-corrected chi connectivity index (χ0v) is 16.9. The molecule has 0 saturated heterocycles. The second kappa shape index (κ2) is 10.6. The molecular formula is C16H22BrIN4O. The van der Waals surface area contributed by atoms with Crippen LogP contribution in [0.3, 0.4) is 0 Å². The maximum atomic E-state index is 11.9. The quantitative estimate of drug-likeness (QED) is 0.256. The van der Waals surface area contributed by atoms with Gasteiger partial charge < -0.3 is 16.0 Å². The van der Waals surface area contributed by atoms with Gasteiger partial charge in [-0.2, -0.15) is 0 Å². The minimum Gasteiger partial charge on any atom is -0.356 e. The lowest BCUT2D eigenvalue weighted by atomic mass is 10.2. The molecule has 0 atom stereocenters. The number of halogens is 2. The summed E-state index contributed by atoms with van der Waals surface area (Å²) >= 11 is 3.37. The molecule has 3 N–H and O–H groups in total. The van der Waals surface area contributed by atoms with E-state index in [-0.39, 0.29) is 29.9 Å². The summed E-state index contributed by atoms with van der Waals surface area (Å²) in [6, 6.07) is 7.93. The monoisotopic (exact) mass is 492 g/mol. The van der Waals surface area contributed by atoms with Crippen LogP contribution in [0.4, 0.5) is 5.69 Å². The minimum absolute atomic E-state index is 0. The van der Waals surface area contributed by atoms with Crippen molar-refractivity contribution < 1.29 is 4.79 Å². The van der Waals surface area contributed by atoms with Crippen molar-refractivity contribution in [3.63, 3.8) is 0 Å². The van der Waals surface area contributed by atoms with Gasteiger partial charge in [0.2, 0.25) is 5.91 Å². The Kier molecular flexibility index (Phi) is 9.23. The molecule has 0 heterocycles. The molecule has 2 rings (SSSR count). The molecule has 0 spiro atoms. The number of amides is 1. The Morgan fingerprint density at radius 1 is 1.26 bits per heavy atom. The van der Waals surface area contributed by atoms with E-state index >= 15 is 0 Å². The molecule has 23 heavy (non-hydrogen) atoms. The van der Waals surface area contributed by atoms with Gasteiger partial charge in [-0.1, -0.05) is 28.1 Å². The maximum Gasteiger partial charge on any atom is 0.226 e. The lowest BCUT2D eigenvalue weighted by molar-refractivity contribution is -0.116. The van der Waals surface area contributed by atoms with Crippen LogP contribution in [0.25, 0.3) is 0 Å². The zero-order valence-electron chi connectivity index (χ0n) is 13.0. The lowest BCUT2D eigenvalue weighted by Crippen LogP contribution is -2.43. The predicted molar refractivity (Wildman–Crippen MR) is 109 cm³/mol. The molecular weight excluding hydrogens is 471 g/mol. The average Bonchev–Trinajstić information content (AvgIpc) is 3.01. The summed E-state index contributed by atoms with van der Waals surface area (Å²) in [7, 11) is 1.74. The van der Waals surface area contributed by atoms with Gasteiger partial charge in [0.15, 0.2) is 5.96 Å². The molecule has 1 aromatic carbocycles. The molecule has 1 aromatic rings. The Bertz CT molecular complexity index is 552. The van der Waals surface area contributed by atoms with Crippen molar-refractivity contribution in [2.75, 3.05) is 18.9 Å². The van der Waals surface area contributed by atoms with Crippen LogP contribution in [-0.4, -0.2) is 31.5 Å². The number of rotatable bonds is 5. The highest BCUT2D eigenvalue weighted by Gasteiger charge is 2.11. The molecule has 0 aromatic heterocycles. The van der Waals surface area contributed by atoms with Crippen molar-refractivity contribution in [2.24, 2.45) is 4.99 Å². The third-order valence-electron chi connectivity index (χ3n) is 3.34. The second-order valence-electron chi connectivity index (χ2n) is 5.09. The number of hydrogen-bond acceptors (Lipinski definition) is 2. The third kappa shape index (κ3) is 7.34. The van der Waals surface area contributed by atoms with Gasteiger partial charge in [0, 0.05) is 36.2 Å². The van der Waals surface area contributed by atoms with Crippen LogP contribution in [0, 0.1) is 0 Å². The standard InChI is InChI=1S/C16H21BrN4O.HI/c1-18-16(21-13-4-2-3-5-13)19-11-10-15(22)20-14-8-6-12(17)7-9-14;/h2-3,6-9,13H,4-5,10-11H2,1H3,(H,20,22)(H2,18,19,21);1H. The van der Waals surface area contributed by atoms with E-state index in [4.69, 9.17) is 0 Å². The molecule has 1 aliphatic carbocycles. The molecule has 0 aliphatic heterocycles. The Morgan fingerprint density at radius 3 is 2.52 bits per heavy atom. The number of guanidine groups is 1. The van der Waals surface area contributed by atoms with Crippen LogP contribution >= 0.6 is 39.9 Å². The van der Waals surface area contributed by atoms with E-state index in [9.17, 15) is 4.79 Å². The predicted octanol–water partition coefficient (Wildman–Crippen LogP) is 3.28. The lowest BCUT2D eigenvalue weighted by Gasteiger charge is -2.16. The summed E-state index contributed by atoms with van der Waals surface area (Å²) in [5.74, 6) is 0.720. The molecule has 1 amide bonds. The fourth-order valence-corrected chi connectivity index (χ4v) is 2.44.